The van der Waals surface area contributed by atoms with Gasteiger partial charge in [-0.1, -0.05) is 12.1 Å². The normalized spacial score (nSPS) is 10.0. The lowest BCUT2D eigenvalue weighted by Gasteiger charge is -2.08. The van der Waals surface area contributed by atoms with Crippen LogP contribution < -0.4 is 4.74 Å². The molecule has 0 amide bonds. The summed E-state index contributed by atoms with van der Waals surface area (Å²) >= 11 is 0. The summed E-state index contributed by atoms with van der Waals surface area (Å²) < 4.78 is 44.5. The lowest BCUT2D eigenvalue weighted by atomic mass is 10.1. The number of halogens is 3. The highest BCUT2D eigenvalue weighted by molar-refractivity contribution is 5.35. The van der Waals surface area contributed by atoms with Crippen molar-refractivity contribution in [3.63, 3.8) is 0 Å². The Kier molecular flexibility index (Phi) is 3.71. The number of rotatable bonds is 3. The van der Waals surface area contributed by atoms with Gasteiger partial charge in [0.15, 0.2) is 11.6 Å². The van der Waals surface area contributed by atoms with Gasteiger partial charge >= 0.3 is 0 Å². The van der Waals surface area contributed by atoms with Crippen LogP contribution in [0.4, 0.5) is 13.2 Å². The van der Waals surface area contributed by atoms with E-state index in [-0.39, 0.29) is 23.5 Å². The Morgan fingerprint density at radius 2 is 1.84 bits per heavy atom. The second-order valence-electron chi connectivity index (χ2n) is 3.76. The Labute approximate surface area is 107 Å². The highest BCUT2D eigenvalue weighted by Gasteiger charge is 2.09. The van der Waals surface area contributed by atoms with E-state index >= 15 is 0 Å². The van der Waals surface area contributed by atoms with Gasteiger partial charge in [-0.25, -0.2) is 13.2 Å². The molecule has 0 aromatic heterocycles. The van der Waals surface area contributed by atoms with E-state index in [2.05, 4.69) is 0 Å². The van der Waals surface area contributed by atoms with Gasteiger partial charge in [0.25, 0.3) is 0 Å². The molecule has 0 heterocycles. The van der Waals surface area contributed by atoms with Crippen LogP contribution in [0, 0.1) is 28.8 Å². The minimum atomic E-state index is -1.04. The molecule has 0 atom stereocenters. The van der Waals surface area contributed by atoms with Crippen LogP contribution in [0.2, 0.25) is 0 Å². The van der Waals surface area contributed by atoms with Crippen molar-refractivity contribution in [1.82, 2.24) is 0 Å². The quantitative estimate of drug-likeness (QED) is 0.848. The van der Waals surface area contributed by atoms with Crippen molar-refractivity contribution in [1.29, 1.82) is 5.26 Å². The second kappa shape index (κ2) is 5.44. The first-order valence-corrected chi connectivity index (χ1v) is 5.37. The average Bonchev–Trinajstić information content (AvgIpc) is 2.41. The van der Waals surface area contributed by atoms with Crippen molar-refractivity contribution in [2.24, 2.45) is 0 Å². The molecule has 2 aromatic rings. The standard InChI is InChI=1S/C14H8F3NO/c15-12-5-4-11(6-13(12)16)19-8-10-3-1-2-9(7-18)14(10)17/h1-6H,8H2. The van der Waals surface area contributed by atoms with E-state index in [9.17, 15) is 13.2 Å². The van der Waals surface area contributed by atoms with Crippen LogP contribution in [0.3, 0.4) is 0 Å². The first-order chi connectivity index (χ1) is 9.11. The van der Waals surface area contributed by atoms with Crippen molar-refractivity contribution in [3.8, 4) is 11.8 Å². The number of nitriles is 1. The molecule has 0 fully saturated rings. The Bertz CT molecular complexity index is 650. The summed E-state index contributed by atoms with van der Waals surface area (Å²) in [6.07, 6.45) is 0. The predicted molar refractivity (Wildman–Crippen MR) is 61.8 cm³/mol. The fraction of sp³-hybridized carbons (Fsp3) is 0.0714. The molecule has 0 aliphatic rings. The van der Waals surface area contributed by atoms with Gasteiger partial charge in [0.1, 0.15) is 24.2 Å². The van der Waals surface area contributed by atoms with Gasteiger partial charge < -0.3 is 4.74 Å². The molecule has 2 nitrogen and oxygen atoms in total. The molecule has 0 radical (unpaired) electrons. The van der Waals surface area contributed by atoms with Gasteiger partial charge in [-0.15, -0.1) is 0 Å². The summed E-state index contributed by atoms with van der Waals surface area (Å²) in [4.78, 5) is 0. The monoisotopic (exact) mass is 263 g/mol. The summed E-state index contributed by atoms with van der Waals surface area (Å²) in [6.45, 7) is -0.174. The smallest absolute Gasteiger partial charge is 0.162 e. The summed E-state index contributed by atoms with van der Waals surface area (Å²) in [7, 11) is 0. The van der Waals surface area contributed by atoms with Crippen LogP contribution in [0.15, 0.2) is 36.4 Å². The van der Waals surface area contributed by atoms with Crippen molar-refractivity contribution >= 4 is 0 Å². The molecule has 2 aromatic carbocycles. The molecule has 0 saturated carbocycles. The van der Waals surface area contributed by atoms with E-state index in [1.165, 1.54) is 24.3 Å². The van der Waals surface area contributed by atoms with Crippen molar-refractivity contribution in [2.75, 3.05) is 0 Å². The number of hydrogen-bond acceptors (Lipinski definition) is 2. The molecule has 0 unspecified atom stereocenters. The largest absolute Gasteiger partial charge is 0.489 e. The van der Waals surface area contributed by atoms with E-state index in [4.69, 9.17) is 10.00 Å². The topological polar surface area (TPSA) is 33.0 Å². The highest BCUT2D eigenvalue weighted by atomic mass is 19.2. The highest BCUT2D eigenvalue weighted by Crippen LogP contribution is 2.18. The summed E-state index contributed by atoms with van der Waals surface area (Å²) in [5.41, 5.74) is 0.0789. The zero-order valence-electron chi connectivity index (χ0n) is 9.66. The van der Waals surface area contributed by atoms with Crippen molar-refractivity contribution in [3.05, 3.63) is 65.0 Å². The third kappa shape index (κ3) is 2.86. The van der Waals surface area contributed by atoms with Crippen LogP contribution >= 0.6 is 0 Å². The Morgan fingerprint density at radius 3 is 2.53 bits per heavy atom. The predicted octanol–water partition coefficient (Wildman–Crippen LogP) is 3.55. The van der Waals surface area contributed by atoms with E-state index in [1.54, 1.807) is 6.07 Å². The Balaban J connectivity index is 2.15. The molecule has 19 heavy (non-hydrogen) atoms. The number of benzene rings is 2. The molecule has 0 bridgehead atoms. The van der Waals surface area contributed by atoms with Crippen LogP contribution in [0.25, 0.3) is 0 Å². The van der Waals surface area contributed by atoms with E-state index in [0.717, 1.165) is 12.1 Å². The maximum Gasteiger partial charge on any atom is 0.162 e. The Morgan fingerprint density at radius 1 is 1.05 bits per heavy atom. The lowest BCUT2D eigenvalue weighted by molar-refractivity contribution is 0.297. The van der Waals surface area contributed by atoms with Gasteiger partial charge in [-0.3, -0.25) is 0 Å². The molecule has 0 aliphatic carbocycles. The third-order valence-electron chi connectivity index (χ3n) is 2.48. The van der Waals surface area contributed by atoms with Crippen LogP contribution in [0.1, 0.15) is 11.1 Å². The molecule has 2 rings (SSSR count). The van der Waals surface area contributed by atoms with Crippen LogP contribution in [-0.2, 0) is 6.61 Å². The molecule has 96 valence electrons. The first kappa shape index (κ1) is 13.0. The fourth-order valence-electron chi connectivity index (χ4n) is 1.51. The number of hydrogen-bond donors (Lipinski definition) is 0. The van der Waals surface area contributed by atoms with Crippen molar-refractivity contribution in [2.45, 2.75) is 6.61 Å². The maximum absolute atomic E-state index is 13.7. The van der Waals surface area contributed by atoms with E-state index in [1.807, 2.05) is 0 Å². The fourth-order valence-corrected chi connectivity index (χ4v) is 1.51. The van der Waals surface area contributed by atoms with Gasteiger partial charge in [0.05, 0.1) is 5.56 Å². The first-order valence-electron chi connectivity index (χ1n) is 5.37. The summed E-state index contributed by atoms with van der Waals surface area (Å²) in [5.74, 6) is -2.61. The van der Waals surface area contributed by atoms with Gasteiger partial charge in [0.2, 0.25) is 0 Å². The SMILES string of the molecule is N#Cc1cccc(COc2ccc(F)c(F)c2)c1F. The van der Waals surface area contributed by atoms with E-state index < -0.39 is 17.5 Å². The molecular formula is C14H8F3NO. The maximum atomic E-state index is 13.7. The zero-order valence-corrected chi connectivity index (χ0v) is 9.66. The van der Waals surface area contributed by atoms with Gasteiger partial charge in [0, 0.05) is 11.6 Å². The van der Waals surface area contributed by atoms with Gasteiger partial charge in [-0.2, -0.15) is 5.26 Å². The average molecular weight is 263 g/mol. The molecular weight excluding hydrogens is 255 g/mol. The molecule has 0 aliphatic heterocycles. The van der Waals surface area contributed by atoms with Crippen molar-refractivity contribution < 1.29 is 17.9 Å². The van der Waals surface area contributed by atoms with Gasteiger partial charge in [-0.05, 0) is 18.2 Å². The summed E-state index contributed by atoms with van der Waals surface area (Å²) in [6, 6.07) is 9.07. The van der Waals surface area contributed by atoms with Crippen LogP contribution in [-0.4, -0.2) is 0 Å². The van der Waals surface area contributed by atoms with Crippen LogP contribution in [0.5, 0.6) is 5.75 Å². The third-order valence-corrected chi connectivity index (χ3v) is 2.48. The lowest BCUT2D eigenvalue weighted by Crippen LogP contribution is -2.00. The molecule has 5 heteroatoms. The minimum absolute atomic E-state index is 0.0839. The molecule has 0 N–H and O–H groups in total. The molecule has 0 saturated heterocycles. The summed E-state index contributed by atoms with van der Waals surface area (Å²) in [5, 5.41) is 8.67. The minimum Gasteiger partial charge on any atom is -0.489 e. The number of ether oxygens (including phenoxy) is 1. The number of nitrogens with zero attached hydrogens (tertiary/aromatic N) is 1. The molecule has 0 spiro atoms. The second-order valence-corrected chi connectivity index (χ2v) is 3.76. The van der Waals surface area contributed by atoms with E-state index in [0.29, 0.717) is 0 Å². The zero-order chi connectivity index (χ0) is 13.8. The Hall–Kier alpha value is -2.48.